The van der Waals surface area contributed by atoms with Crippen molar-refractivity contribution in [2.45, 2.75) is 37.6 Å². The fourth-order valence-corrected chi connectivity index (χ4v) is 2.41. The zero-order valence-electron chi connectivity index (χ0n) is 12.9. The number of para-hydroxylation sites is 2. The highest BCUT2D eigenvalue weighted by molar-refractivity contribution is 5.73. The van der Waals surface area contributed by atoms with Crippen LogP contribution in [0.15, 0.2) is 24.3 Å². The molecule has 1 aliphatic heterocycles. The molecule has 1 fully saturated rings. The highest BCUT2D eigenvalue weighted by Crippen LogP contribution is 2.30. The predicted octanol–water partition coefficient (Wildman–Crippen LogP) is -0.982. The van der Waals surface area contributed by atoms with Crippen LogP contribution in [0, 0.1) is 0 Å². The summed E-state index contributed by atoms with van der Waals surface area (Å²) in [5.41, 5.74) is 0. The van der Waals surface area contributed by atoms with Gasteiger partial charge in [-0.05, 0) is 12.1 Å². The third kappa shape index (κ3) is 3.91. The van der Waals surface area contributed by atoms with E-state index in [9.17, 15) is 20.1 Å². The monoisotopic (exact) mass is 327 g/mol. The maximum absolute atomic E-state index is 11.3. The molecule has 1 saturated heterocycles. The lowest BCUT2D eigenvalue weighted by Gasteiger charge is -2.42. The Labute approximate surface area is 133 Å². The summed E-state index contributed by atoms with van der Waals surface area (Å²) < 4.78 is 16.4. The quantitative estimate of drug-likeness (QED) is 0.549. The van der Waals surface area contributed by atoms with Crippen molar-refractivity contribution in [1.82, 2.24) is 5.32 Å². The van der Waals surface area contributed by atoms with Crippen molar-refractivity contribution in [3.63, 3.8) is 0 Å². The molecule has 1 aromatic carbocycles. The van der Waals surface area contributed by atoms with E-state index >= 15 is 0 Å². The van der Waals surface area contributed by atoms with Crippen LogP contribution in [0.2, 0.25) is 0 Å². The number of carbonyl (C=O) groups is 1. The van der Waals surface area contributed by atoms with Gasteiger partial charge in [0.1, 0.15) is 24.4 Å². The third-order valence-corrected chi connectivity index (χ3v) is 3.56. The second-order valence-electron chi connectivity index (χ2n) is 5.20. The normalized spacial score (nSPS) is 30.6. The number of aliphatic hydroxyl groups excluding tert-OH is 3. The maximum atomic E-state index is 11.3. The standard InChI is InChI=1S/C15H21NO7/c1-8(18)16-12-14(20)13(19)11(7-17)23-15(12)22-10-6-4-3-5-9(10)21-2/h3-6,11-15,17,19-20H,7H2,1-2H3,(H,16,18)/t11-,12-,13+,14-,15+/m0/s1. The molecule has 0 aromatic heterocycles. The van der Waals surface area contributed by atoms with Crippen molar-refractivity contribution in [3.8, 4) is 11.5 Å². The number of ether oxygens (including phenoxy) is 3. The smallest absolute Gasteiger partial charge is 0.223 e. The van der Waals surface area contributed by atoms with Crippen LogP contribution in [-0.4, -0.2) is 65.6 Å². The molecule has 2 rings (SSSR count). The van der Waals surface area contributed by atoms with Crippen LogP contribution >= 0.6 is 0 Å². The molecule has 0 aliphatic carbocycles. The van der Waals surface area contributed by atoms with Crippen molar-refractivity contribution in [1.29, 1.82) is 0 Å². The Hall–Kier alpha value is -1.87. The van der Waals surface area contributed by atoms with E-state index in [0.717, 1.165) is 0 Å². The van der Waals surface area contributed by atoms with Gasteiger partial charge in [0, 0.05) is 6.92 Å². The highest BCUT2D eigenvalue weighted by Gasteiger charge is 2.46. The molecule has 0 spiro atoms. The molecule has 8 heteroatoms. The molecule has 128 valence electrons. The molecule has 1 aliphatic rings. The van der Waals surface area contributed by atoms with Gasteiger partial charge < -0.3 is 34.8 Å². The molecule has 0 saturated carbocycles. The van der Waals surface area contributed by atoms with E-state index in [1.165, 1.54) is 14.0 Å². The van der Waals surface area contributed by atoms with Gasteiger partial charge in [-0.25, -0.2) is 0 Å². The van der Waals surface area contributed by atoms with Crippen molar-refractivity contribution in [2.24, 2.45) is 0 Å². The van der Waals surface area contributed by atoms with Crippen LogP contribution < -0.4 is 14.8 Å². The van der Waals surface area contributed by atoms with Gasteiger partial charge in [-0.15, -0.1) is 0 Å². The number of rotatable bonds is 5. The van der Waals surface area contributed by atoms with E-state index in [4.69, 9.17) is 14.2 Å². The molecule has 0 bridgehead atoms. The summed E-state index contributed by atoms with van der Waals surface area (Å²) in [5.74, 6) is 0.371. The summed E-state index contributed by atoms with van der Waals surface area (Å²) in [4.78, 5) is 11.3. The number of nitrogens with one attached hydrogen (secondary N) is 1. The van der Waals surface area contributed by atoms with Crippen molar-refractivity contribution in [3.05, 3.63) is 24.3 Å². The van der Waals surface area contributed by atoms with Crippen LogP contribution in [0.1, 0.15) is 6.92 Å². The molecule has 0 unspecified atom stereocenters. The molecule has 23 heavy (non-hydrogen) atoms. The van der Waals surface area contributed by atoms with E-state index in [2.05, 4.69) is 5.32 Å². The highest BCUT2D eigenvalue weighted by atomic mass is 16.7. The van der Waals surface area contributed by atoms with Gasteiger partial charge in [0.05, 0.1) is 13.7 Å². The number of carbonyl (C=O) groups excluding carboxylic acids is 1. The minimum Gasteiger partial charge on any atom is -0.493 e. The van der Waals surface area contributed by atoms with E-state index in [0.29, 0.717) is 11.5 Å². The fraction of sp³-hybridized carbons (Fsp3) is 0.533. The summed E-state index contributed by atoms with van der Waals surface area (Å²) in [6.45, 7) is 0.772. The predicted molar refractivity (Wildman–Crippen MR) is 79.0 cm³/mol. The first kappa shape index (κ1) is 17.5. The second-order valence-corrected chi connectivity index (χ2v) is 5.20. The molecule has 5 atom stereocenters. The Bertz CT molecular complexity index is 538. The van der Waals surface area contributed by atoms with Crippen LogP contribution in [0.4, 0.5) is 0 Å². The van der Waals surface area contributed by atoms with Crippen molar-refractivity contribution in [2.75, 3.05) is 13.7 Å². The summed E-state index contributed by atoms with van der Waals surface area (Å²) in [5, 5.41) is 31.9. The van der Waals surface area contributed by atoms with Gasteiger partial charge in [-0.2, -0.15) is 0 Å². The Morgan fingerprint density at radius 3 is 2.48 bits per heavy atom. The van der Waals surface area contributed by atoms with Gasteiger partial charge in [0.15, 0.2) is 11.5 Å². The first-order valence-electron chi connectivity index (χ1n) is 7.17. The summed E-state index contributed by atoms with van der Waals surface area (Å²) in [7, 11) is 1.48. The van der Waals surface area contributed by atoms with Gasteiger partial charge in [-0.1, -0.05) is 12.1 Å². The zero-order chi connectivity index (χ0) is 17.0. The van der Waals surface area contributed by atoms with Crippen LogP contribution in [0.5, 0.6) is 11.5 Å². The van der Waals surface area contributed by atoms with E-state index < -0.39 is 43.2 Å². The summed E-state index contributed by atoms with van der Waals surface area (Å²) in [6, 6.07) is 5.80. The fourth-order valence-electron chi connectivity index (χ4n) is 2.41. The number of methoxy groups -OCH3 is 1. The Kier molecular flexibility index (Phi) is 5.78. The first-order valence-corrected chi connectivity index (χ1v) is 7.17. The van der Waals surface area contributed by atoms with Crippen LogP contribution in [0.3, 0.4) is 0 Å². The number of hydrogen-bond donors (Lipinski definition) is 4. The molecule has 4 N–H and O–H groups in total. The van der Waals surface area contributed by atoms with Crippen LogP contribution in [0.25, 0.3) is 0 Å². The van der Waals surface area contributed by atoms with Gasteiger partial charge in [0.2, 0.25) is 12.2 Å². The van der Waals surface area contributed by atoms with Gasteiger partial charge in [0.25, 0.3) is 0 Å². The number of amides is 1. The van der Waals surface area contributed by atoms with Crippen LogP contribution in [-0.2, 0) is 9.53 Å². The molecule has 1 aromatic rings. The van der Waals surface area contributed by atoms with Gasteiger partial charge >= 0.3 is 0 Å². The molecule has 1 amide bonds. The average Bonchev–Trinajstić information content (AvgIpc) is 2.54. The molecule has 8 nitrogen and oxygen atoms in total. The molecule has 0 radical (unpaired) electrons. The summed E-state index contributed by atoms with van der Waals surface area (Å²) in [6.07, 6.45) is -4.85. The number of benzene rings is 1. The molecular formula is C15H21NO7. The van der Waals surface area contributed by atoms with Crippen molar-refractivity contribution < 1.29 is 34.3 Å². The second kappa shape index (κ2) is 7.60. The lowest BCUT2D eigenvalue weighted by Crippen LogP contribution is -2.65. The Balaban J connectivity index is 2.25. The van der Waals surface area contributed by atoms with Crippen molar-refractivity contribution >= 4 is 5.91 Å². The first-order chi connectivity index (χ1) is 11.0. The minimum atomic E-state index is -1.36. The Morgan fingerprint density at radius 1 is 1.26 bits per heavy atom. The maximum Gasteiger partial charge on any atom is 0.223 e. The molecular weight excluding hydrogens is 306 g/mol. The lowest BCUT2D eigenvalue weighted by molar-refractivity contribution is -0.244. The SMILES string of the molecule is COc1ccccc1O[C@@H]1O[C@@H](CO)[C@@H](O)[C@@H](O)[C@@H]1NC(C)=O. The third-order valence-electron chi connectivity index (χ3n) is 3.56. The topological polar surface area (TPSA) is 117 Å². The lowest BCUT2D eigenvalue weighted by atomic mass is 9.97. The summed E-state index contributed by atoms with van der Waals surface area (Å²) >= 11 is 0. The minimum absolute atomic E-state index is 0.343. The van der Waals surface area contributed by atoms with Gasteiger partial charge in [-0.3, -0.25) is 4.79 Å². The number of aliphatic hydroxyl groups is 3. The molecule has 1 heterocycles. The largest absolute Gasteiger partial charge is 0.493 e. The zero-order valence-corrected chi connectivity index (χ0v) is 12.9. The average molecular weight is 327 g/mol. The number of hydrogen-bond acceptors (Lipinski definition) is 7. The van der Waals surface area contributed by atoms with E-state index in [1.54, 1.807) is 24.3 Å². The Morgan fingerprint density at radius 2 is 1.91 bits per heavy atom. The van der Waals surface area contributed by atoms with E-state index in [-0.39, 0.29) is 0 Å². The van der Waals surface area contributed by atoms with E-state index in [1.807, 2.05) is 0 Å².